The second-order valence-electron chi connectivity index (χ2n) is 6.02. The highest BCUT2D eigenvalue weighted by Gasteiger charge is 2.29. The Kier molecular flexibility index (Phi) is 4.51. The molecule has 0 unspecified atom stereocenters. The van der Waals surface area contributed by atoms with E-state index in [1.807, 2.05) is 31.7 Å². The summed E-state index contributed by atoms with van der Waals surface area (Å²) in [6.07, 6.45) is 0.938. The molecule has 0 aromatic carbocycles. The van der Waals surface area contributed by atoms with E-state index in [-0.39, 0.29) is 17.7 Å². The summed E-state index contributed by atoms with van der Waals surface area (Å²) < 4.78 is 0. The first-order chi connectivity index (χ1) is 11.0. The van der Waals surface area contributed by atoms with Crippen LogP contribution in [-0.2, 0) is 4.79 Å². The third kappa shape index (κ3) is 3.64. The summed E-state index contributed by atoms with van der Waals surface area (Å²) >= 11 is 1.42. The van der Waals surface area contributed by atoms with Gasteiger partial charge >= 0.3 is 0 Å². The number of carbonyl (C=O) groups is 1. The molecule has 1 aliphatic rings. The van der Waals surface area contributed by atoms with Crippen molar-refractivity contribution in [1.29, 1.82) is 0 Å². The van der Waals surface area contributed by atoms with Gasteiger partial charge in [0.15, 0.2) is 0 Å². The average molecular weight is 332 g/mol. The second-order valence-corrected chi connectivity index (χ2v) is 6.85. The van der Waals surface area contributed by atoms with Crippen LogP contribution in [0, 0.1) is 12.8 Å². The number of amides is 1. The minimum atomic E-state index is 0.0375. The molecule has 2 aromatic heterocycles. The van der Waals surface area contributed by atoms with Crippen LogP contribution < -0.4 is 5.32 Å². The number of aryl methyl sites for hydroxylation is 1. The maximum atomic E-state index is 12.1. The smallest absolute Gasteiger partial charge is 0.225 e. The molecule has 1 amide bonds. The van der Waals surface area contributed by atoms with Gasteiger partial charge in [0.05, 0.1) is 5.69 Å². The Bertz CT molecular complexity index is 687. The zero-order valence-corrected chi connectivity index (χ0v) is 14.3. The Hall–Kier alpha value is -2.09. The average Bonchev–Trinajstić information content (AvgIpc) is 3.16. The van der Waals surface area contributed by atoms with Gasteiger partial charge in [0, 0.05) is 31.0 Å². The molecular weight excluding hydrogens is 312 g/mol. The van der Waals surface area contributed by atoms with E-state index >= 15 is 0 Å². The first-order valence-corrected chi connectivity index (χ1v) is 8.58. The van der Waals surface area contributed by atoms with Crippen molar-refractivity contribution in [3.63, 3.8) is 0 Å². The number of carbonyl (C=O) groups excluding carboxylic acids is 1. The van der Waals surface area contributed by atoms with E-state index in [1.54, 1.807) is 5.51 Å². The van der Waals surface area contributed by atoms with Gasteiger partial charge in [-0.15, -0.1) is 10.2 Å². The summed E-state index contributed by atoms with van der Waals surface area (Å²) in [6, 6.07) is 1.95. The van der Waals surface area contributed by atoms with Gasteiger partial charge in [0.1, 0.15) is 17.2 Å². The van der Waals surface area contributed by atoms with Crippen LogP contribution in [0.4, 0.5) is 10.9 Å². The molecule has 8 heteroatoms. The van der Waals surface area contributed by atoms with Gasteiger partial charge in [0.25, 0.3) is 0 Å². The summed E-state index contributed by atoms with van der Waals surface area (Å²) in [7, 11) is 0. The molecule has 0 saturated carbocycles. The lowest BCUT2D eigenvalue weighted by Gasteiger charge is -2.18. The van der Waals surface area contributed by atoms with Gasteiger partial charge in [-0.25, -0.2) is 9.97 Å². The van der Waals surface area contributed by atoms with Crippen molar-refractivity contribution in [3.05, 3.63) is 23.1 Å². The molecule has 0 radical (unpaired) electrons. The predicted molar refractivity (Wildman–Crippen MR) is 88.7 cm³/mol. The standard InChI is InChI=1S/C15H20N6OS/c1-9(2)14(22)21-5-4-11(7-21)12-6-13(18-10(3)17-12)19-15-20-16-8-23-15/h6,8-9,11H,4-5,7H2,1-3H3,(H,17,18,19,20)/t11-/m0/s1. The SMILES string of the molecule is Cc1nc(Nc2nncs2)cc([C@H]2CCN(C(=O)C(C)C)C2)n1. The Morgan fingerprint density at radius 2 is 2.26 bits per heavy atom. The third-order valence-electron chi connectivity index (χ3n) is 3.86. The van der Waals surface area contributed by atoms with Crippen LogP contribution in [0.2, 0.25) is 0 Å². The highest BCUT2D eigenvalue weighted by atomic mass is 32.1. The predicted octanol–water partition coefficient (Wildman–Crippen LogP) is 2.35. The van der Waals surface area contributed by atoms with Gasteiger partial charge in [-0.1, -0.05) is 25.2 Å². The molecule has 3 heterocycles. The number of hydrogen-bond acceptors (Lipinski definition) is 7. The number of anilines is 2. The Balaban J connectivity index is 1.75. The van der Waals surface area contributed by atoms with Crippen LogP contribution in [-0.4, -0.2) is 44.1 Å². The largest absolute Gasteiger partial charge is 0.342 e. The number of rotatable bonds is 4. The minimum absolute atomic E-state index is 0.0375. The molecule has 2 aromatic rings. The molecule has 7 nitrogen and oxygen atoms in total. The molecule has 1 fully saturated rings. The van der Waals surface area contributed by atoms with Crippen LogP contribution in [0.15, 0.2) is 11.6 Å². The molecule has 0 aliphatic carbocycles. The van der Waals surface area contributed by atoms with Crippen molar-refractivity contribution < 1.29 is 4.79 Å². The van der Waals surface area contributed by atoms with Crippen molar-refractivity contribution >= 4 is 28.2 Å². The highest BCUT2D eigenvalue weighted by Crippen LogP contribution is 2.28. The zero-order valence-electron chi connectivity index (χ0n) is 13.5. The number of hydrogen-bond donors (Lipinski definition) is 1. The third-order valence-corrected chi connectivity index (χ3v) is 4.47. The first kappa shape index (κ1) is 15.8. The minimum Gasteiger partial charge on any atom is -0.342 e. The van der Waals surface area contributed by atoms with Gasteiger partial charge in [-0.05, 0) is 13.3 Å². The van der Waals surface area contributed by atoms with Gasteiger partial charge in [-0.2, -0.15) is 0 Å². The second kappa shape index (κ2) is 6.57. The maximum absolute atomic E-state index is 12.1. The quantitative estimate of drug-likeness (QED) is 0.925. The van der Waals surface area contributed by atoms with E-state index in [2.05, 4.69) is 25.5 Å². The lowest BCUT2D eigenvalue weighted by Crippen LogP contribution is -2.32. The topological polar surface area (TPSA) is 83.9 Å². The van der Waals surface area contributed by atoms with Crippen molar-refractivity contribution in [2.75, 3.05) is 18.4 Å². The number of aromatic nitrogens is 4. The van der Waals surface area contributed by atoms with Crippen molar-refractivity contribution in [2.24, 2.45) is 5.92 Å². The Morgan fingerprint density at radius 1 is 1.43 bits per heavy atom. The molecule has 23 heavy (non-hydrogen) atoms. The summed E-state index contributed by atoms with van der Waals surface area (Å²) in [6.45, 7) is 7.28. The number of likely N-dealkylation sites (tertiary alicyclic amines) is 1. The van der Waals surface area contributed by atoms with E-state index in [9.17, 15) is 4.79 Å². The van der Waals surface area contributed by atoms with Crippen LogP contribution in [0.1, 0.15) is 37.7 Å². The van der Waals surface area contributed by atoms with Crippen molar-refractivity contribution in [3.8, 4) is 0 Å². The molecule has 0 spiro atoms. The van der Waals surface area contributed by atoms with E-state index in [4.69, 9.17) is 0 Å². The van der Waals surface area contributed by atoms with E-state index < -0.39 is 0 Å². The highest BCUT2D eigenvalue weighted by molar-refractivity contribution is 7.13. The van der Waals surface area contributed by atoms with Gasteiger partial charge < -0.3 is 10.2 Å². The molecular formula is C15H20N6OS. The lowest BCUT2D eigenvalue weighted by atomic mass is 10.0. The molecule has 3 rings (SSSR count). The summed E-state index contributed by atoms with van der Waals surface area (Å²) in [5.41, 5.74) is 2.65. The molecule has 122 valence electrons. The maximum Gasteiger partial charge on any atom is 0.225 e. The normalized spacial score (nSPS) is 17.7. The lowest BCUT2D eigenvalue weighted by molar-refractivity contribution is -0.133. The summed E-state index contributed by atoms with van der Waals surface area (Å²) in [5.74, 6) is 1.94. The molecule has 1 atom stereocenters. The Morgan fingerprint density at radius 3 is 2.96 bits per heavy atom. The zero-order chi connectivity index (χ0) is 16.4. The van der Waals surface area contributed by atoms with E-state index in [0.29, 0.717) is 11.0 Å². The molecule has 0 bridgehead atoms. The van der Waals surface area contributed by atoms with Gasteiger partial charge in [-0.3, -0.25) is 4.79 Å². The first-order valence-electron chi connectivity index (χ1n) is 7.70. The molecule has 1 N–H and O–H groups in total. The Labute approximate surface area is 139 Å². The van der Waals surface area contributed by atoms with Crippen LogP contribution in [0.5, 0.6) is 0 Å². The fourth-order valence-corrected chi connectivity index (χ4v) is 3.22. The van der Waals surface area contributed by atoms with E-state index in [1.165, 1.54) is 11.3 Å². The van der Waals surface area contributed by atoms with Gasteiger partial charge in [0.2, 0.25) is 11.0 Å². The number of nitrogens with zero attached hydrogens (tertiary/aromatic N) is 5. The number of nitrogens with one attached hydrogen (secondary N) is 1. The fraction of sp³-hybridized carbons (Fsp3) is 0.533. The van der Waals surface area contributed by atoms with E-state index in [0.717, 1.165) is 31.0 Å². The summed E-state index contributed by atoms with van der Waals surface area (Å²) in [4.78, 5) is 23.0. The van der Waals surface area contributed by atoms with Crippen LogP contribution >= 0.6 is 11.3 Å². The van der Waals surface area contributed by atoms with Crippen molar-refractivity contribution in [2.45, 2.75) is 33.1 Å². The molecule has 1 saturated heterocycles. The van der Waals surface area contributed by atoms with Crippen molar-refractivity contribution in [1.82, 2.24) is 25.1 Å². The molecule has 1 aliphatic heterocycles. The van der Waals surface area contributed by atoms with Crippen LogP contribution in [0.3, 0.4) is 0 Å². The fourth-order valence-electron chi connectivity index (χ4n) is 2.77. The monoisotopic (exact) mass is 332 g/mol. The summed E-state index contributed by atoms with van der Waals surface area (Å²) in [5, 5.41) is 11.6. The van der Waals surface area contributed by atoms with Crippen LogP contribution in [0.25, 0.3) is 0 Å².